The minimum Gasteiger partial charge on any atom is -0.497 e. The molecular weight excluding hydrogens is 644 g/mol. The van der Waals surface area contributed by atoms with Crippen LogP contribution in [0.5, 0.6) is 23.0 Å². The topological polar surface area (TPSA) is 235 Å². The van der Waals surface area contributed by atoms with Gasteiger partial charge in [-0.05, 0) is 24.3 Å². The van der Waals surface area contributed by atoms with Crippen LogP contribution in [0, 0.1) is 0 Å². The molecule has 2 aliphatic rings. The number of rotatable bonds is 12. The molecule has 2 aromatic rings. The van der Waals surface area contributed by atoms with Crippen molar-refractivity contribution in [2.45, 2.75) is 59.6 Å². The Kier molecular flexibility index (Phi) is 12.5. The summed E-state index contributed by atoms with van der Waals surface area (Å²) in [7, 11) is 5.63. The SMILES string of the molecule is COc1cc(OC)cc(C(=O)NC2C(O)C(SC3O[C@@H](CO)[C@H](O)[C@H](NC(=O)c4cc(OC)cc(OC)c4)[C@H]3O)O[C@H](CO)[C@@H]2O)c1. The van der Waals surface area contributed by atoms with E-state index in [1.54, 1.807) is 12.1 Å². The first-order chi connectivity index (χ1) is 22.5. The molecule has 0 saturated carbocycles. The van der Waals surface area contributed by atoms with Crippen LogP contribution < -0.4 is 29.6 Å². The average molecular weight is 685 g/mol. The summed E-state index contributed by atoms with van der Waals surface area (Å²) in [6.45, 7) is -1.39. The molecule has 10 atom stereocenters. The molecule has 17 heteroatoms. The number of carbonyl (C=O) groups excluding carboxylic acids is 2. The lowest BCUT2D eigenvalue weighted by Gasteiger charge is -2.46. The number of amides is 2. The van der Waals surface area contributed by atoms with Gasteiger partial charge >= 0.3 is 0 Å². The first kappa shape index (κ1) is 36.4. The Morgan fingerprint density at radius 1 is 0.617 bits per heavy atom. The molecule has 2 heterocycles. The van der Waals surface area contributed by atoms with Crippen LogP contribution in [0.25, 0.3) is 0 Å². The molecule has 260 valence electrons. The number of nitrogens with one attached hydrogen (secondary N) is 2. The highest BCUT2D eigenvalue weighted by Gasteiger charge is 2.50. The summed E-state index contributed by atoms with van der Waals surface area (Å²) in [4.78, 5) is 26.4. The summed E-state index contributed by atoms with van der Waals surface area (Å²) in [6, 6.07) is 6.06. The largest absolute Gasteiger partial charge is 0.497 e. The van der Waals surface area contributed by atoms with Gasteiger partial charge in [0.05, 0.1) is 53.7 Å². The van der Waals surface area contributed by atoms with Crippen LogP contribution in [0.3, 0.4) is 0 Å². The standard InChI is InChI=1S/C30H40N2O14S/c1-41-15-5-13(6-16(9-15)42-2)27(39)31-21-23(35)19(11-33)45-29(25(21)37)47-30-26(38)22(24(36)20(12-34)46-30)32-28(40)14-7-17(43-3)10-18(8-14)44-4/h5-10,19-26,29-30,33-38H,11-12H2,1-4H3,(H,31,39)(H,32,40)/t19-,20+,21-,22?,23-,24-,25+,26?,29?,30?/m0/s1. The second-order valence-electron chi connectivity index (χ2n) is 10.8. The summed E-state index contributed by atoms with van der Waals surface area (Å²) in [6.07, 6.45) is -8.92. The number of aliphatic hydroxyl groups is 6. The quantitative estimate of drug-likeness (QED) is 0.124. The van der Waals surface area contributed by atoms with Gasteiger partial charge < -0.3 is 69.7 Å². The normalized spacial score (nSPS) is 30.6. The molecule has 2 saturated heterocycles. The molecule has 2 fully saturated rings. The summed E-state index contributed by atoms with van der Waals surface area (Å²) >= 11 is 0.706. The predicted molar refractivity (Wildman–Crippen MR) is 165 cm³/mol. The highest BCUT2D eigenvalue weighted by Crippen LogP contribution is 2.37. The second kappa shape index (κ2) is 16.1. The third-order valence-electron chi connectivity index (χ3n) is 7.86. The zero-order chi connectivity index (χ0) is 34.4. The molecule has 2 aliphatic heterocycles. The van der Waals surface area contributed by atoms with Crippen molar-refractivity contribution in [2.75, 3.05) is 41.7 Å². The van der Waals surface area contributed by atoms with E-state index in [0.717, 1.165) is 0 Å². The first-order valence-corrected chi connectivity index (χ1v) is 15.4. The van der Waals surface area contributed by atoms with E-state index in [1.807, 2.05) is 0 Å². The number of benzene rings is 2. The lowest BCUT2D eigenvalue weighted by atomic mass is 9.96. The molecule has 0 aliphatic carbocycles. The summed E-state index contributed by atoms with van der Waals surface area (Å²) in [5.74, 6) is -0.133. The van der Waals surface area contributed by atoms with Crippen LogP contribution in [-0.2, 0) is 9.47 Å². The maximum atomic E-state index is 13.2. The van der Waals surface area contributed by atoms with Gasteiger partial charge in [-0.3, -0.25) is 9.59 Å². The van der Waals surface area contributed by atoms with E-state index >= 15 is 0 Å². The average Bonchev–Trinajstić information content (AvgIpc) is 3.09. The molecule has 0 bridgehead atoms. The zero-order valence-corrected chi connectivity index (χ0v) is 26.8. The van der Waals surface area contributed by atoms with Gasteiger partial charge in [0.25, 0.3) is 11.8 Å². The summed E-state index contributed by atoms with van der Waals surface area (Å²) in [5, 5.41) is 69.3. The molecule has 4 unspecified atom stereocenters. The maximum Gasteiger partial charge on any atom is 0.251 e. The molecule has 2 aromatic carbocycles. The van der Waals surface area contributed by atoms with Crippen molar-refractivity contribution in [1.82, 2.24) is 10.6 Å². The third-order valence-corrected chi connectivity index (χ3v) is 9.18. The van der Waals surface area contributed by atoms with E-state index in [0.29, 0.717) is 34.8 Å². The molecule has 2 amide bonds. The lowest BCUT2D eigenvalue weighted by Crippen LogP contribution is -2.66. The highest BCUT2D eigenvalue weighted by atomic mass is 32.2. The second-order valence-corrected chi connectivity index (χ2v) is 12.0. The number of methoxy groups -OCH3 is 4. The van der Waals surface area contributed by atoms with Gasteiger partial charge in [0, 0.05) is 23.3 Å². The maximum absolute atomic E-state index is 13.2. The van der Waals surface area contributed by atoms with Gasteiger partial charge in [-0.1, -0.05) is 11.8 Å². The fraction of sp³-hybridized carbons (Fsp3) is 0.533. The van der Waals surface area contributed by atoms with Crippen LogP contribution >= 0.6 is 11.8 Å². The van der Waals surface area contributed by atoms with Gasteiger partial charge in [-0.15, -0.1) is 0 Å². The van der Waals surface area contributed by atoms with E-state index in [9.17, 15) is 40.2 Å². The Hall–Kier alpha value is -3.39. The van der Waals surface area contributed by atoms with Crippen LogP contribution in [0.1, 0.15) is 20.7 Å². The van der Waals surface area contributed by atoms with E-state index in [1.165, 1.54) is 52.7 Å². The van der Waals surface area contributed by atoms with Crippen molar-refractivity contribution in [2.24, 2.45) is 0 Å². The van der Waals surface area contributed by atoms with E-state index in [-0.39, 0.29) is 11.1 Å². The molecule has 16 nitrogen and oxygen atoms in total. The number of hydrogen-bond acceptors (Lipinski definition) is 15. The number of hydrogen-bond donors (Lipinski definition) is 8. The Morgan fingerprint density at radius 2 is 0.936 bits per heavy atom. The van der Waals surface area contributed by atoms with Crippen LogP contribution in [0.4, 0.5) is 0 Å². The number of carbonyl (C=O) groups is 2. The van der Waals surface area contributed by atoms with Crippen molar-refractivity contribution in [1.29, 1.82) is 0 Å². The van der Waals surface area contributed by atoms with Gasteiger partial charge in [0.1, 0.15) is 70.5 Å². The minimum atomic E-state index is -1.62. The molecule has 4 rings (SSSR count). The Morgan fingerprint density at radius 3 is 1.21 bits per heavy atom. The van der Waals surface area contributed by atoms with Gasteiger partial charge in [-0.2, -0.15) is 0 Å². The van der Waals surface area contributed by atoms with Crippen LogP contribution in [0.15, 0.2) is 36.4 Å². The summed E-state index contributed by atoms with van der Waals surface area (Å²) in [5.41, 5.74) is -2.47. The predicted octanol–water partition coefficient (Wildman–Crippen LogP) is -1.77. The first-order valence-electron chi connectivity index (χ1n) is 14.5. The van der Waals surface area contributed by atoms with Crippen molar-refractivity contribution in [3.8, 4) is 23.0 Å². The van der Waals surface area contributed by atoms with Gasteiger partial charge in [0.2, 0.25) is 0 Å². The van der Waals surface area contributed by atoms with Crippen LogP contribution in [0.2, 0.25) is 0 Å². The molecule has 47 heavy (non-hydrogen) atoms. The third kappa shape index (κ3) is 8.19. The summed E-state index contributed by atoms with van der Waals surface area (Å²) < 4.78 is 32.3. The van der Waals surface area contributed by atoms with E-state index in [4.69, 9.17) is 28.4 Å². The van der Waals surface area contributed by atoms with Crippen molar-refractivity contribution in [3.63, 3.8) is 0 Å². The number of thioether (sulfide) groups is 1. The number of aliphatic hydroxyl groups excluding tert-OH is 6. The van der Waals surface area contributed by atoms with Gasteiger partial charge in [0.15, 0.2) is 0 Å². The molecule has 0 aromatic heterocycles. The Bertz CT molecular complexity index is 1240. The molecular formula is C30H40N2O14S. The fourth-order valence-corrected chi connectivity index (χ4v) is 6.56. The minimum absolute atomic E-state index is 0.0925. The monoisotopic (exact) mass is 684 g/mol. The number of ether oxygens (including phenoxy) is 6. The highest BCUT2D eigenvalue weighted by molar-refractivity contribution is 8.00. The van der Waals surface area contributed by atoms with E-state index < -0.39 is 84.6 Å². The molecule has 0 spiro atoms. The molecule has 8 N–H and O–H groups in total. The van der Waals surface area contributed by atoms with Crippen molar-refractivity contribution in [3.05, 3.63) is 47.5 Å². The Labute approximate surface area is 274 Å². The van der Waals surface area contributed by atoms with Crippen molar-refractivity contribution >= 4 is 23.6 Å². The van der Waals surface area contributed by atoms with E-state index in [2.05, 4.69) is 10.6 Å². The smallest absolute Gasteiger partial charge is 0.251 e. The van der Waals surface area contributed by atoms with Crippen LogP contribution in [-0.4, -0.2) is 144 Å². The zero-order valence-electron chi connectivity index (χ0n) is 26.0. The lowest BCUT2D eigenvalue weighted by molar-refractivity contribution is -0.175. The van der Waals surface area contributed by atoms with Gasteiger partial charge in [-0.25, -0.2) is 0 Å². The molecule has 0 radical (unpaired) electrons. The fourth-order valence-electron chi connectivity index (χ4n) is 5.22. The Balaban J connectivity index is 1.54. The van der Waals surface area contributed by atoms with Crippen molar-refractivity contribution < 1.29 is 68.6 Å².